The number of halogens is 3. The molecular weight excluding hydrogens is 355 g/mol. The van der Waals surface area contributed by atoms with Gasteiger partial charge < -0.3 is 10.6 Å². The van der Waals surface area contributed by atoms with E-state index >= 15 is 0 Å². The number of aryl methyl sites for hydroxylation is 2. The monoisotopic (exact) mass is 381 g/mol. The molecule has 0 amide bonds. The summed E-state index contributed by atoms with van der Waals surface area (Å²) in [5.41, 5.74) is 3.19. The average molecular weight is 381 g/mol. The summed E-state index contributed by atoms with van der Waals surface area (Å²) < 4.78 is 40.3. The maximum Gasteiger partial charge on any atom is 0.416 e. The summed E-state index contributed by atoms with van der Waals surface area (Å²) in [7, 11) is 3.55. The fraction of sp³-hybridized carbons (Fsp3) is 0.474. The SMILES string of the molecule is CN=C(NCc1cccc(C(F)(F)F)c1)NC(C)Cc1c(C)nn(C)c1C. The molecule has 2 N–H and O–H groups in total. The number of alkyl halides is 3. The lowest BCUT2D eigenvalue weighted by Gasteiger charge is -2.18. The van der Waals surface area contributed by atoms with Crippen molar-refractivity contribution in [1.29, 1.82) is 0 Å². The highest BCUT2D eigenvalue weighted by atomic mass is 19.4. The van der Waals surface area contributed by atoms with Crippen LogP contribution in [0.15, 0.2) is 29.3 Å². The second-order valence-electron chi connectivity index (χ2n) is 6.65. The van der Waals surface area contributed by atoms with E-state index in [9.17, 15) is 13.2 Å². The molecule has 1 aromatic carbocycles. The molecule has 0 bridgehead atoms. The van der Waals surface area contributed by atoms with Crippen LogP contribution in [0.25, 0.3) is 0 Å². The van der Waals surface area contributed by atoms with Crippen molar-refractivity contribution in [3.05, 3.63) is 52.3 Å². The Kier molecular flexibility index (Phi) is 6.51. The van der Waals surface area contributed by atoms with Crippen LogP contribution in [0.2, 0.25) is 0 Å². The van der Waals surface area contributed by atoms with Crippen LogP contribution >= 0.6 is 0 Å². The zero-order valence-corrected chi connectivity index (χ0v) is 16.3. The Balaban J connectivity index is 1.96. The number of guanidine groups is 1. The highest BCUT2D eigenvalue weighted by Crippen LogP contribution is 2.29. The molecule has 148 valence electrons. The fourth-order valence-electron chi connectivity index (χ4n) is 2.94. The number of benzene rings is 1. The molecule has 2 rings (SSSR count). The predicted molar refractivity (Wildman–Crippen MR) is 101 cm³/mol. The van der Waals surface area contributed by atoms with Gasteiger partial charge in [0.05, 0.1) is 11.3 Å². The van der Waals surface area contributed by atoms with Crippen LogP contribution < -0.4 is 10.6 Å². The Morgan fingerprint density at radius 3 is 2.56 bits per heavy atom. The maximum atomic E-state index is 12.8. The number of aromatic nitrogens is 2. The van der Waals surface area contributed by atoms with E-state index in [0.717, 1.165) is 29.9 Å². The van der Waals surface area contributed by atoms with Crippen LogP contribution in [0, 0.1) is 13.8 Å². The molecule has 0 spiro atoms. The van der Waals surface area contributed by atoms with E-state index in [1.807, 2.05) is 32.5 Å². The van der Waals surface area contributed by atoms with Crippen LogP contribution in [0.4, 0.5) is 13.2 Å². The third-order valence-corrected chi connectivity index (χ3v) is 4.49. The second kappa shape index (κ2) is 8.45. The lowest BCUT2D eigenvalue weighted by Crippen LogP contribution is -2.42. The quantitative estimate of drug-likeness (QED) is 0.617. The molecule has 0 fully saturated rings. The van der Waals surface area contributed by atoms with Crippen molar-refractivity contribution in [1.82, 2.24) is 20.4 Å². The minimum absolute atomic E-state index is 0.0827. The lowest BCUT2D eigenvalue weighted by molar-refractivity contribution is -0.137. The van der Waals surface area contributed by atoms with Crippen LogP contribution in [0.3, 0.4) is 0 Å². The van der Waals surface area contributed by atoms with Gasteiger partial charge in [0.25, 0.3) is 0 Å². The molecule has 0 saturated carbocycles. The van der Waals surface area contributed by atoms with Crippen molar-refractivity contribution in [3.8, 4) is 0 Å². The molecule has 1 atom stereocenters. The third-order valence-electron chi connectivity index (χ3n) is 4.49. The van der Waals surface area contributed by atoms with Crippen molar-refractivity contribution < 1.29 is 13.2 Å². The zero-order chi connectivity index (χ0) is 20.2. The first kappa shape index (κ1) is 20.8. The number of nitrogens with zero attached hydrogens (tertiary/aromatic N) is 3. The number of rotatable bonds is 5. The Labute approximate surface area is 157 Å². The van der Waals surface area contributed by atoms with Gasteiger partial charge in [-0.25, -0.2) is 0 Å². The summed E-state index contributed by atoms with van der Waals surface area (Å²) in [6.45, 7) is 6.29. The highest BCUT2D eigenvalue weighted by Gasteiger charge is 2.30. The van der Waals surface area contributed by atoms with E-state index in [2.05, 4.69) is 20.7 Å². The van der Waals surface area contributed by atoms with Gasteiger partial charge in [-0.1, -0.05) is 12.1 Å². The largest absolute Gasteiger partial charge is 0.416 e. The number of aliphatic imine (C=N–C) groups is 1. The van der Waals surface area contributed by atoms with E-state index in [0.29, 0.717) is 11.5 Å². The van der Waals surface area contributed by atoms with Crippen molar-refractivity contribution in [2.75, 3.05) is 7.05 Å². The molecule has 0 radical (unpaired) electrons. The van der Waals surface area contributed by atoms with Gasteiger partial charge >= 0.3 is 6.18 Å². The number of nitrogens with one attached hydrogen (secondary N) is 2. The van der Waals surface area contributed by atoms with Gasteiger partial charge in [-0.2, -0.15) is 18.3 Å². The maximum absolute atomic E-state index is 12.8. The van der Waals surface area contributed by atoms with Gasteiger partial charge in [0.2, 0.25) is 0 Å². The molecule has 2 aromatic rings. The molecule has 8 heteroatoms. The van der Waals surface area contributed by atoms with E-state index in [4.69, 9.17) is 0 Å². The molecule has 0 aliphatic carbocycles. The van der Waals surface area contributed by atoms with Crippen molar-refractivity contribution in [2.24, 2.45) is 12.0 Å². The summed E-state index contributed by atoms with van der Waals surface area (Å²) in [6, 6.07) is 5.36. The molecule has 1 unspecified atom stereocenters. The number of hydrogen-bond donors (Lipinski definition) is 2. The van der Waals surface area contributed by atoms with Gasteiger partial charge in [-0.3, -0.25) is 9.67 Å². The number of hydrogen-bond acceptors (Lipinski definition) is 2. The van der Waals surface area contributed by atoms with Crippen LogP contribution in [0.5, 0.6) is 0 Å². The molecule has 0 aliphatic rings. The molecule has 1 heterocycles. The second-order valence-corrected chi connectivity index (χ2v) is 6.65. The molecule has 5 nitrogen and oxygen atoms in total. The summed E-state index contributed by atoms with van der Waals surface area (Å²) in [5, 5.41) is 10.8. The molecule has 27 heavy (non-hydrogen) atoms. The van der Waals surface area contributed by atoms with Crippen LogP contribution in [-0.2, 0) is 26.2 Å². The Hall–Kier alpha value is -2.51. The minimum Gasteiger partial charge on any atom is -0.354 e. The van der Waals surface area contributed by atoms with Crippen LogP contribution in [0.1, 0.15) is 35.0 Å². The molecule has 0 aliphatic heterocycles. The lowest BCUT2D eigenvalue weighted by atomic mass is 10.1. The summed E-state index contributed by atoms with van der Waals surface area (Å²) in [5.74, 6) is 0.541. The normalized spacial score (nSPS) is 13.6. The highest BCUT2D eigenvalue weighted by molar-refractivity contribution is 5.79. The van der Waals surface area contributed by atoms with Gasteiger partial charge in [0.1, 0.15) is 0 Å². The third kappa shape index (κ3) is 5.48. The fourth-order valence-corrected chi connectivity index (χ4v) is 2.94. The predicted octanol–water partition coefficient (Wildman–Crippen LogP) is 3.35. The van der Waals surface area contributed by atoms with Crippen molar-refractivity contribution >= 4 is 5.96 Å². The first-order valence-corrected chi connectivity index (χ1v) is 8.74. The molecule has 1 aromatic heterocycles. The summed E-state index contributed by atoms with van der Waals surface area (Å²) in [4.78, 5) is 4.16. The van der Waals surface area contributed by atoms with Crippen LogP contribution in [-0.4, -0.2) is 28.8 Å². The molecular formula is C19H26F3N5. The van der Waals surface area contributed by atoms with Gasteiger partial charge in [-0.05, 0) is 50.5 Å². The van der Waals surface area contributed by atoms with E-state index in [1.165, 1.54) is 11.6 Å². The standard InChI is InChI=1S/C19H26F3N5/c1-12(9-17-13(2)26-27(5)14(17)3)25-18(23-4)24-11-15-7-6-8-16(10-15)19(20,21)22/h6-8,10,12H,9,11H2,1-5H3,(H2,23,24,25). The smallest absolute Gasteiger partial charge is 0.354 e. The van der Waals surface area contributed by atoms with Gasteiger partial charge in [0, 0.05) is 32.4 Å². The topological polar surface area (TPSA) is 54.2 Å². The summed E-state index contributed by atoms with van der Waals surface area (Å²) in [6.07, 6.45) is -3.57. The van der Waals surface area contributed by atoms with E-state index < -0.39 is 11.7 Å². The Bertz CT molecular complexity index is 808. The van der Waals surface area contributed by atoms with E-state index in [1.54, 1.807) is 13.1 Å². The Morgan fingerprint density at radius 1 is 1.30 bits per heavy atom. The molecule has 0 saturated heterocycles. The van der Waals surface area contributed by atoms with E-state index in [-0.39, 0.29) is 12.6 Å². The minimum atomic E-state index is -4.34. The van der Waals surface area contributed by atoms with Gasteiger partial charge in [-0.15, -0.1) is 0 Å². The van der Waals surface area contributed by atoms with Gasteiger partial charge in [0.15, 0.2) is 5.96 Å². The average Bonchev–Trinajstić information content (AvgIpc) is 2.84. The first-order chi connectivity index (χ1) is 12.6. The Morgan fingerprint density at radius 2 is 2.00 bits per heavy atom. The summed E-state index contributed by atoms with van der Waals surface area (Å²) >= 11 is 0. The van der Waals surface area contributed by atoms with Crippen molar-refractivity contribution in [2.45, 2.75) is 46.0 Å². The van der Waals surface area contributed by atoms with Crippen molar-refractivity contribution in [3.63, 3.8) is 0 Å². The first-order valence-electron chi connectivity index (χ1n) is 8.74. The zero-order valence-electron chi connectivity index (χ0n) is 16.3.